The van der Waals surface area contributed by atoms with Gasteiger partial charge in [0.1, 0.15) is 12.4 Å². The molecule has 8 heteroatoms. The lowest BCUT2D eigenvalue weighted by atomic mass is 9.86. The number of benzene rings is 2. The smallest absolute Gasteiger partial charge is 0.311 e. The molecule has 0 bridgehead atoms. The van der Waals surface area contributed by atoms with Crippen LogP contribution in [0.3, 0.4) is 0 Å². The molecule has 1 unspecified atom stereocenters. The summed E-state index contributed by atoms with van der Waals surface area (Å²) in [5.74, 6) is -0.418. The number of nitrogens with zero attached hydrogens (tertiary/aromatic N) is 1. The number of amides is 3. The molecule has 2 saturated heterocycles. The van der Waals surface area contributed by atoms with Crippen LogP contribution in [0.4, 0.5) is 0 Å². The van der Waals surface area contributed by atoms with Crippen LogP contribution >= 0.6 is 0 Å². The van der Waals surface area contributed by atoms with Crippen molar-refractivity contribution in [2.75, 3.05) is 13.1 Å². The molecule has 38 heavy (non-hydrogen) atoms. The van der Waals surface area contributed by atoms with Crippen molar-refractivity contribution in [1.82, 2.24) is 10.2 Å². The number of carbonyl (C=O) groups excluding carboxylic acids is 4. The minimum Gasteiger partial charge on any atom is -0.490 e. The SMILES string of the molecule is O=C1CCC(c2ccc(OC3CCC(C(=O)N4CC[C@@H](C(=O)OCc5ccccc5)C4)CC3)cc2)C(=O)N1. The van der Waals surface area contributed by atoms with Gasteiger partial charge in [-0.25, -0.2) is 0 Å². The van der Waals surface area contributed by atoms with Crippen LogP contribution in [0.25, 0.3) is 0 Å². The summed E-state index contributed by atoms with van der Waals surface area (Å²) in [6.07, 6.45) is 4.67. The highest BCUT2D eigenvalue weighted by Gasteiger charge is 2.36. The van der Waals surface area contributed by atoms with Gasteiger partial charge in [-0.05, 0) is 61.8 Å². The van der Waals surface area contributed by atoms with Crippen LogP contribution < -0.4 is 10.1 Å². The zero-order valence-electron chi connectivity index (χ0n) is 21.5. The normalized spacial score (nSPS) is 25.5. The van der Waals surface area contributed by atoms with Gasteiger partial charge in [-0.2, -0.15) is 0 Å². The maximum absolute atomic E-state index is 13.1. The molecule has 1 N–H and O–H groups in total. The van der Waals surface area contributed by atoms with Crippen LogP contribution in [0.5, 0.6) is 5.75 Å². The zero-order valence-corrected chi connectivity index (χ0v) is 21.5. The molecule has 3 aliphatic rings. The average Bonchev–Trinajstić information content (AvgIpc) is 3.44. The van der Waals surface area contributed by atoms with Crippen molar-refractivity contribution in [3.05, 3.63) is 65.7 Å². The van der Waals surface area contributed by atoms with Gasteiger partial charge in [0, 0.05) is 25.4 Å². The summed E-state index contributed by atoms with van der Waals surface area (Å²) >= 11 is 0. The first kappa shape index (κ1) is 25.9. The van der Waals surface area contributed by atoms with Gasteiger partial charge in [-0.1, -0.05) is 42.5 Å². The van der Waals surface area contributed by atoms with Gasteiger partial charge in [-0.3, -0.25) is 24.5 Å². The number of hydrogen-bond donors (Lipinski definition) is 1. The van der Waals surface area contributed by atoms with Crippen molar-refractivity contribution in [2.24, 2.45) is 11.8 Å². The molecule has 2 aromatic rings. The Morgan fingerprint density at radius 1 is 0.868 bits per heavy atom. The van der Waals surface area contributed by atoms with Crippen LogP contribution in [-0.2, 0) is 30.5 Å². The highest BCUT2D eigenvalue weighted by atomic mass is 16.5. The van der Waals surface area contributed by atoms with Gasteiger partial charge in [0.15, 0.2) is 0 Å². The lowest BCUT2D eigenvalue weighted by molar-refractivity contribution is -0.149. The maximum atomic E-state index is 13.1. The van der Waals surface area contributed by atoms with E-state index < -0.39 is 0 Å². The van der Waals surface area contributed by atoms with Gasteiger partial charge in [0.05, 0.1) is 17.9 Å². The molecule has 200 valence electrons. The standard InChI is InChI=1S/C30H34N2O6/c33-27-15-14-26(28(34)31-27)21-6-10-24(11-7-21)38-25-12-8-22(9-13-25)29(35)32-17-16-23(18-32)30(36)37-19-20-4-2-1-3-5-20/h1-7,10-11,22-23,25-26H,8-9,12-19H2,(H,31,33,34)/t22?,23-,25?,26?/m1/s1. The first-order chi connectivity index (χ1) is 18.5. The Kier molecular flexibility index (Phi) is 8.05. The molecule has 0 spiro atoms. The van der Waals surface area contributed by atoms with Crippen molar-refractivity contribution in [2.45, 2.75) is 63.6 Å². The van der Waals surface area contributed by atoms with E-state index in [1.807, 2.05) is 59.5 Å². The van der Waals surface area contributed by atoms with Crippen molar-refractivity contribution < 1.29 is 28.7 Å². The maximum Gasteiger partial charge on any atom is 0.311 e. The number of rotatable bonds is 7. The van der Waals surface area contributed by atoms with Gasteiger partial charge < -0.3 is 14.4 Å². The number of carbonyl (C=O) groups is 4. The van der Waals surface area contributed by atoms with Crippen LogP contribution in [0, 0.1) is 11.8 Å². The molecule has 1 saturated carbocycles. The number of imide groups is 1. The molecule has 8 nitrogen and oxygen atoms in total. The van der Waals surface area contributed by atoms with Gasteiger partial charge in [0.25, 0.3) is 0 Å². The second-order valence-corrected chi connectivity index (χ2v) is 10.5. The van der Waals surface area contributed by atoms with Crippen LogP contribution in [0.15, 0.2) is 54.6 Å². The largest absolute Gasteiger partial charge is 0.490 e. The lowest BCUT2D eigenvalue weighted by Crippen LogP contribution is -2.39. The summed E-state index contributed by atoms with van der Waals surface area (Å²) in [4.78, 5) is 51.0. The summed E-state index contributed by atoms with van der Waals surface area (Å²) in [5, 5.41) is 2.40. The van der Waals surface area contributed by atoms with E-state index in [1.165, 1.54) is 0 Å². The summed E-state index contributed by atoms with van der Waals surface area (Å²) < 4.78 is 11.6. The summed E-state index contributed by atoms with van der Waals surface area (Å²) in [5.41, 5.74) is 1.83. The second-order valence-electron chi connectivity index (χ2n) is 10.5. The van der Waals surface area contributed by atoms with Crippen molar-refractivity contribution >= 4 is 23.7 Å². The van der Waals surface area contributed by atoms with Gasteiger partial charge in [0.2, 0.25) is 17.7 Å². The monoisotopic (exact) mass is 518 g/mol. The number of esters is 1. The van der Waals surface area contributed by atoms with E-state index in [1.54, 1.807) is 0 Å². The fraction of sp³-hybridized carbons (Fsp3) is 0.467. The molecule has 2 atom stereocenters. The third-order valence-corrected chi connectivity index (χ3v) is 7.91. The average molecular weight is 519 g/mol. The molecule has 3 fully saturated rings. The Hall–Kier alpha value is -3.68. The first-order valence-corrected chi connectivity index (χ1v) is 13.6. The van der Waals surface area contributed by atoms with Crippen LogP contribution in [-0.4, -0.2) is 47.8 Å². The Balaban J connectivity index is 1.05. The van der Waals surface area contributed by atoms with Gasteiger partial charge >= 0.3 is 5.97 Å². The minimum atomic E-state index is -0.306. The number of piperidine rings is 1. The number of ether oxygens (including phenoxy) is 2. The van der Waals surface area contributed by atoms with Crippen LogP contribution in [0.2, 0.25) is 0 Å². The number of nitrogens with one attached hydrogen (secondary N) is 1. The summed E-state index contributed by atoms with van der Waals surface area (Å²) in [6, 6.07) is 17.1. The fourth-order valence-corrected chi connectivity index (χ4v) is 5.67. The molecule has 0 radical (unpaired) electrons. The molecule has 1 aliphatic carbocycles. The molecule has 2 aromatic carbocycles. The van der Waals surface area contributed by atoms with Crippen LogP contribution in [0.1, 0.15) is 62.0 Å². The second kappa shape index (κ2) is 11.8. The molecule has 5 rings (SSSR count). The highest BCUT2D eigenvalue weighted by Crippen LogP contribution is 2.32. The lowest BCUT2D eigenvalue weighted by Gasteiger charge is -2.31. The van der Waals surface area contributed by atoms with Crippen molar-refractivity contribution in [3.63, 3.8) is 0 Å². The Bertz CT molecular complexity index is 1160. The predicted octanol–water partition coefficient (Wildman–Crippen LogP) is 3.74. The third kappa shape index (κ3) is 6.23. The van der Waals surface area contributed by atoms with E-state index >= 15 is 0 Å². The molecule has 3 amide bonds. The van der Waals surface area contributed by atoms with Gasteiger partial charge in [-0.15, -0.1) is 0 Å². The Morgan fingerprint density at radius 3 is 2.32 bits per heavy atom. The first-order valence-electron chi connectivity index (χ1n) is 13.6. The third-order valence-electron chi connectivity index (χ3n) is 7.91. The van der Waals surface area contributed by atoms with E-state index in [0.29, 0.717) is 32.4 Å². The molecule has 0 aromatic heterocycles. The quantitative estimate of drug-likeness (QED) is 0.443. The molecule has 2 aliphatic heterocycles. The Labute approximate surface area is 222 Å². The summed E-state index contributed by atoms with van der Waals surface area (Å²) in [7, 11) is 0. The van der Waals surface area contributed by atoms with Crippen molar-refractivity contribution in [1.29, 1.82) is 0 Å². The van der Waals surface area contributed by atoms with E-state index in [2.05, 4.69) is 5.32 Å². The number of likely N-dealkylation sites (tertiary alicyclic amines) is 1. The highest BCUT2D eigenvalue weighted by molar-refractivity contribution is 6.00. The number of hydrogen-bond acceptors (Lipinski definition) is 6. The fourth-order valence-electron chi connectivity index (χ4n) is 5.67. The van der Waals surface area contributed by atoms with E-state index in [4.69, 9.17) is 9.47 Å². The zero-order chi connectivity index (χ0) is 26.5. The molecular formula is C30H34N2O6. The molecular weight excluding hydrogens is 484 g/mol. The topological polar surface area (TPSA) is 102 Å². The van der Waals surface area contributed by atoms with E-state index in [0.717, 1.165) is 42.6 Å². The van der Waals surface area contributed by atoms with Crippen molar-refractivity contribution in [3.8, 4) is 5.75 Å². The van der Waals surface area contributed by atoms with E-state index in [9.17, 15) is 19.2 Å². The minimum absolute atomic E-state index is 0.0381. The predicted molar refractivity (Wildman–Crippen MR) is 139 cm³/mol. The molecule has 2 heterocycles. The Morgan fingerprint density at radius 2 is 1.61 bits per heavy atom. The summed E-state index contributed by atoms with van der Waals surface area (Å²) in [6.45, 7) is 1.29. The van der Waals surface area contributed by atoms with E-state index in [-0.39, 0.29) is 54.2 Å².